The van der Waals surface area contributed by atoms with Gasteiger partial charge in [0.05, 0.1) is 12.1 Å². The molecule has 0 aliphatic carbocycles. The van der Waals surface area contributed by atoms with Crippen LogP contribution in [0.25, 0.3) is 11.4 Å². The van der Waals surface area contributed by atoms with Gasteiger partial charge in [-0.25, -0.2) is 4.98 Å². The van der Waals surface area contributed by atoms with Gasteiger partial charge < -0.3 is 19.9 Å². The molecule has 2 heterocycles. The van der Waals surface area contributed by atoms with Gasteiger partial charge in [-0.05, 0) is 18.2 Å². The van der Waals surface area contributed by atoms with Crippen LogP contribution < -0.4 is 10.5 Å². The minimum Gasteiger partial charge on any atom is -0.478 e. The third kappa shape index (κ3) is 2.81. The Morgan fingerprint density at radius 2 is 2.17 bits per heavy atom. The van der Waals surface area contributed by atoms with Crippen LogP contribution >= 0.6 is 15.9 Å². The number of rotatable bonds is 2. The molecule has 1 unspecified atom stereocenters. The molecule has 8 heteroatoms. The van der Waals surface area contributed by atoms with Crippen LogP contribution in [0.4, 0.5) is 0 Å². The van der Waals surface area contributed by atoms with Crippen molar-refractivity contribution in [3.8, 4) is 17.1 Å². The van der Waals surface area contributed by atoms with Crippen LogP contribution in [0.2, 0.25) is 0 Å². The molecule has 120 valence electrons. The van der Waals surface area contributed by atoms with Crippen molar-refractivity contribution < 1.29 is 14.3 Å². The minimum absolute atomic E-state index is 0.156. The van der Waals surface area contributed by atoms with Gasteiger partial charge in [-0.3, -0.25) is 9.59 Å². The number of primary amides is 1. The number of hydrogen-bond acceptors (Lipinski definition) is 4. The van der Waals surface area contributed by atoms with E-state index in [1.54, 1.807) is 30.9 Å². The average molecular weight is 379 g/mol. The maximum atomic E-state index is 12.3. The molecule has 1 aliphatic heterocycles. The van der Waals surface area contributed by atoms with Crippen molar-refractivity contribution in [3.05, 3.63) is 34.6 Å². The first-order valence-corrected chi connectivity index (χ1v) is 7.71. The molecule has 0 bridgehead atoms. The highest BCUT2D eigenvalue weighted by molar-refractivity contribution is 9.10. The molecule has 0 radical (unpaired) electrons. The Balaban J connectivity index is 2.16. The summed E-state index contributed by atoms with van der Waals surface area (Å²) < 4.78 is 8.45. The van der Waals surface area contributed by atoms with Gasteiger partial charge in [0.1, 0.15) is 17.3 Å². The summed E-state index contributed by atoms with van der Waals surface area (Å²) in [4.78, 5) is 29.5. The van der Waals surface area contributed by atoms with Gasteiger partial charge in [0.2, 0.25) is 0 Å². The van der Waals surface area contributed by atoms with Gasteiger partial charge in [-0.2, -0.15) is 0 Å². The number of amides is 2. The monoisotopic (exact) mass is 378 g/mol. The number of aromatic nitrogens is 2. The molecule has 2 aromatic rings. The Morgan fingerprint density at radius 1 is 1.43 bits per heavy atom. The second kappa shape index (κ2) is 5.69. The predicted octanol–water partition coefficient (Wildman–Crippen LogP) is 1.26. The number of halogens is 1. The predicted molar refractivity (Wildman–Crippen MR) is 87.0 cm³/mol. The lowest BCUT2D eigenvalue weighted by Crippen LogP contribution is -2.39. The molecular formula is C15H15BrN4O3. The lowest BCUT2D eigenvalue weighted by molar-refractivity contribution is -0.136. The third-order valence-corrected chi connectivity index (χ3v) is 4.05. The number of carbonyl (C=O) groups excluding carboxylic acids is 2. The Kier molecular flexibility index (Phi) is 3.85. The van der Waals surface area contributed by atoms with Crippen molar-refractivity contribution in [1.29, 1.82) is 0 Å². The standard InChI is InChI=1S/C15H15BrN4O3/c1-19(2)15(22)12-7-20-6-10(13(17)21)18-14(20)9-5-8(16)3-4-11(9)23-12/h3-6,12H,7H2,1-2H3,(H2,17,21). The number of nitrogens with two attached hydrogens (primary N) is 1. The summed E-state index contributed by atoms with van der Waals surface area (Å²) in [5.41, 5.74) is 6.18. The number of hydrogen-bond donors (Lipinski definition) is 1. The van der Waals surface area contributed by atoms with Crippen molar-refractivity contribution in [1.82, 2.24) is 14.5 Å². The van der Waals surface area contributed by atoms with Gasteiger partial charge in [0, 0.05) is 24.8 Å². The van der Waals surface area contributed by atoms with Crippen LogP contribution in [0.1, 0.15) is 10.5 Å². The molecule has 0 spiro atoms. The van der Waals surface area contributed by atoms with Crippen LogP contribution in [-0.4, -0.2) is 46.5 Å². The second-order valence-electron chi connectivity index (χ2n) is 5.45. The van der Waals surface area contributed by atoms with E-state index in [0.717, 1.165) is 4.47 Å². The molecule has 0 fully saturated rings. The van der Waals surface area contributed by atoms with Crippen LogP contribution in [0.3, 0.4) is 0 Å². The van der Waals surface area contributed by atoms with Crippen LogP contribution in [-0.2, 0) is 11.3 Å². The van der Waals surface area contributed by atoms with E-state index in [1.165, 1.54) is 4.90 Å². The largest absolute Gasteiger partial charge is 0.478 e. The molecule has 1 atom stereocenters. The fourth-order valence-electron chi connectivity index (χ4n) is 2.45. The van der Waals surface area contributed by atoms with Crippen LogP contribution in [0, 0.1) is 0 Å². The smallest absolute Gasteiger partial charge is 0.268 e. The van der Waals surface area contributed by atoms with Crippen molar-refractivity contribution in [3.63, 3.8) is 0 Å². The van der Waals surface area contributed by atoms with E-state index in [1.807, 2.05) is 12.1 Å². The Hall–Kier alpha value is -2.35. The van der Waals surface area contributed by atoms with Gasteiger partial charge >= 0.3 is 0 Å². The lowest BCUT2D eigenvalue weighted by Gasteiger charge is -2.20. The molecule has 0 saturated heterocycles. The number of likely N-dealkylation sites (N-methyl/N-ethyl adjacent to an activating group) is 1. The zero-order chi connectivity index (χ0) is 16.7. The van der Waals surface area contributed by atoms with E-state index in [-0.39, 0.29) is 18.1 Å². The SMILES string of the molecule is CN(C)C(=O)C1Cn2cc(C(N)=O)nc2-c2cc(Br)ccc2O1. The molecular weight excluding hydrogens is 364 g/mol. The van der Waals surface area contributed by atoms with Gasteiger partial charge in [-0.15, -0.1) is 0 Å². The maximum absolute atomic E-state index is 12.3. The molecule has 2 amide bonds. The maximum Gasteiger partial charge on any atom is 0.268 e. The minimum atomic E-state index is -0.707. The number of nitrogens with zero attached hydrogens (tertiary/aromatic N) is 3. The van der Waals surface area contributed by atoms with Crippen LogP contribution in [0.15, 0.2) is 28.9 Å². The zero-order valence-corrected chi connectivity index (χ0v) is 14.2. The number of fused-ring (bicyclic) bond motifs is 3. The first kappa shape index (κ1) is 15.5. The second-order valence-corrected chi connectivity index (χ2v) is 6.36. The molecule has 1 aromatic heterocycles. The molecule has 2 N–H and O–H groups in total. The fourth-order valence-corrected chi connectivity index (χ4v) is 2.82. The summed E-state index contributed by atoms with van der Waals surface area (Å²) in [7, 11) is 3.34. The molecule has 23 heavy (non-hydrogen) atoms. The van der Waals surface area contributed by atoms with Gasteiger partial charge in [-0.1, -0.05) is 15.9 Å². The molecule has 1 aromatic carbocycles. The number of ether oxygens (including phenoxy) is 1. The first-order valence-electron chi connectivity index (χ1n) is 6.91. The highest BCUT2D eigenvalue weighted by atomic mass is 79.9. The number of carbonyl (C=O) groups is 2. The van der Waals surface area contributed by atoms with Gasteiger partial charge in [0.25, 0.3) is 11.8 Å². The average Bonchev–Trinajstić information content (AvgIpc) is 2.85. The Labute approximate surface area is 141 Å². The molecule has 7 nitrogen and oxygen atoms in total. The van der Waals surface area contributed by atoms with E-state index < -0.39 is 12.0 Å². The Morgan fingerprint density at radius 3 is 2.83 bits per heavy atom. The quantitative estimate of drug-likeness (QED) is 0.851. The van der Waals surface area contributed by atoms with Crippen molar-refractivity contribution in [2.45, 2.75) is 12.6 Å². The van der Waals surface area contributed by atoms with Crippen molar-refractivity contribution in [2.75, 3.05) is 14.1 Å². The van der Waals surface area contributed by atoms with Crippen molar-refractivity contribution >= 4 is 27.7 Å². The number of benzene rings is 1. The molecule has 0 saturated carbocycles. The lowest BCUT2D eigenvalue weighted by atomic mass is 10.2. The molecule has 1 aliphatic rings. The summed E-state index contributed by atoms with van der Waals surface area (Å²) in [5, 5.41) is 0. The first-order chi connectivity index (χ1) is 10.9. The molecule has 3 rings (SSSR count). The number of imidazole rings is 1. The summed E-state index contributed by atoms with van der Waals surface area (Å²) in [6, 6.07) is 5.43. The van der Waals surface area contributed by atoms with E-state index >= 15 is 0 Å². The summed E-state index contributed by atoms with van der Waals surface area (Å²) in [6.45, 7) is 0.249. The Bertz CT molecular complexity index is 800. The fraction of sp³-hybridized carbons (Fsp3) is 0.267. The summed E-state index contributed by atoms with van der Waals surface area (Å²) in [6.07, 6.45) is 0.841. The van der Waals surface area contributed by atoms with E-state index in [4.69, 9.17) is 10.5 Å². The third-order valence-electron chi connectivity index (χ3n) is 3.56. The zero-order valence-electron chi connectivity index (χ0n) is 12.6. The van der Waals surface area contributed by atoms with Gasteiger partial charge in [0.15, 0.2) is 6.10 Å². The van der Waals surface area contributed by atoms with Crippen LogP contribution in [0.5, 0.6) is 5.75 Å². The normalized spacial score (nSPS) is 15.9. The highest BCUT2D eigenvalue weighted by Crippen LogP contribution is 2.35. The summed E-state index contributed by atoms with van der Waals surface area (Å²) >= 11 is 3.41. The highest BCUT2D eigenvalue weighted by Gasteiger charge is 2.30. The van der Waals surface area contributed by atoms with E-state index in [2.05, 4.69) is 20.9 Å². The summed E-state index contributed by atoms with van der Waals surface area (Å²) in [5.74, 6) is 0.303. The van der Waals surface area contributed by atoms with E-state index in [0.29, 0.717) is 17.1 Å². The topological polar surface area (TPSA) is 90.5 Å². The van der Waals surface area contributed by atoms with Crippen molar-refractivity contribution in [2.24, 2.45) is 5.73 Å². The van der Waals surface area contributed by atoms with E-state index in [9.17, 15) is 9.59 Å².